The fourth-order valence-electron chi connectivity index (χ4n) is 3.21. The van der Waals surface area contributed by atoms with Gasteiger partial charge in [-0.05, 0) is 43.0 Å². The molecule has 3 aromatic heterocycles. The first-order chi connectivity index (χ1) is 17.7. The largest absolute Gasteiger partial charge is 0.496 e. The molecule has 0 aliphatic heterocycles. The van der Waals surface area contributed by atoms with Crippen molar-refractivity contribution in [3.8, 4) is 28.7 Å². The Bertz CT molecular complexity index is 1550. The number of nitrogens with one attached hydrogen (secondary N) is 3. The third kappa shape index (κ3) is 5.90. The van der Waals surface area contributed by atoms with Crippen LogP contribution in [0.25, 0.3) is 11.1 Å². The second kappa shape index (κ2) is 10.5. The molecule has 0 atom stereocenters. The van der Waals surface area contributed by atoms with Crippen molar-refractivity contribution in [3.63, 3.8) is 0 Å². The third-order valence-electron chi connectivity index (χ3n) is 4.85. The SMILES string of the molecule is COc1ccc(C(F)(F)F)cc1-c1cnc([NH+]=CN)cc1C(=O)Nc1nnc(C#Cc2cc(C)[nH]n2)s1. The quantitative estimate of drug-likeness (QED) is 0.176. The number of amides is 1. The van der Waals surface area contributed by atoms with Crippen LogP contribution in [0.4, 0.5) is 24.1 Å². The fourth-order valence-corrected chi connectivity index (χ4v) is 3.80. The lowest BCUT2D eigenvalue weighted by Crippen LogP contribution is -2.64. The van der Waals surface area contributed by atoms with Crippen LogP contribution in [0.2, 0.25) is 0 Å². The molecule has 14 heteroatoms. The molecule has 10 nitrogen and oxygen atoms in total. The molecular formula is C23H18F3N8O2S+. The van der Waals surface area contributed by atoms with Crippen LogP contribution < -0.4 is 20.8 Å². The van der Waals surface area contributed by atoms with E-state index in [2.05, 4.69) is 47.5 Å². The van der Waals surface area contributed by atoms with Crippen molar-refractivity contribution in [1.82, 2.24) is 25.4 Å². The van der Waals surface area contributed by atoms with Crippen LogP contribution in [0, 0.1) is 18.8 Å². The zero-order valence-corrected chi connectivity index (χ0v) is 20.1. The molecule has 37 heavy (non-hydrogen) atoms. The highest BCUT2D eigenvalue weighted by Gasteiger charge is 2.32. The molecule has 188 valence electrons. The molecule has 0 fully saturated rings. The van der Waals surface area contributed by atoms with Crippen molar-refractivity contribution in [2.45, 2.75) is 13.1 Å². The second-order valence-corrected chi connectivity index (χ2v) is 8.37. The molecule has 3 heterocycles. The fraction of sp³-hybridized carbons (Fsp3) is 0.130. The Labute approximate surface area is 211 Å². The number of carbonyl (C=O) groups excluding carboxylic acids is 1. The van der Waals surface area contributed by atoms with Gasteiger partial charge < -0.3 is 10.5 Å². The molecule has 0 saturated carbocycles. The van der Waals surface area contributed by atoms with Crippen molar-refractivity contribution in [1.29, 1.82) is 0 Å². The van der Waals surface area contributed by atoms with Gasteiger partial charge in [-0.1, -0.05) is 11.3 Å². The molecule has 0 saturated heterocycles. The van der Waals surface area contributed by atoms with Crippen molar-refractivity contribution in [2.75, 3.05) is 12.4 Å². The van der Waals surface area contributed by atoms with Crippen LogP contribution in [0.1, 0.15) is 32.3 Å². The van der Waals surface area contributed by atoms with E-state index >= 15 is 0 Å². The van der Waals surface area contributed by atoms with Gasteiger partial charge >= 0.3 is 6.18 Å². The molecule has 0 unspecified atom stereocenters. The minimum atomic E-state index is -4.61. The van der Waals surface area contributed by atoms with E-state index in [1.54, 1.807) is 6.07 Å². The first-order valence-corrected chi connectivity index (χ1v) is 11.2. The first kappa shape index (κ1) is 25.3. The van der Waals surface area contributed by atoms with Gasteiger partial charge in [0.1, 0.15) is 17.6 Å². The lowest BCUT2D eigenvalue weighted by atomic mass is 9.98. The molecule has 0 bridgehead atoms. The third-order valence-corrected chi connectivity index (χ3v) is 5.60. The zero-order valence-electron chi connectivity index (χ0n) is 19.3. The maximum Gasteiger partial charge on any atom is 0.416 e. The Kier molecular flexibility index (Phi) is 7.16. The summed E-state index contributed by atoms with van der Waals surface area (Å²) in [5.74, 6) is 5.28. The van der Waals surface area contributed by atoms with Gasteiger partial charge in [-0.15, -0.1) is 15.2 Å². The Morgan fingerprint density at radius 2 is 2.03 bits per heavy atom. The molecule has 0 spiro atoms. The van der Waals surface area contributed by atoms with Crippen LogP contribution in [0.15, 0.2) is 36.5 Å². The monoisotopic (exact) mass is 527 g/mol. The van der Waals surface area contributed by atoms with E-state index in [0.29, 0.717) is 10.7 Å². The molecule has 0 aliphatic rings. The normalized spacial score (nSPS) is 11.3. The highest BCUT2D eigenvalue weighted by molar-refractivity contribution is 7.15. The molecule has 1 aromatic carbocycles. The second-order valence-electron chi connectivity index (χ2n) is 7.39. The number of methoxy groups -OCH3 is 1. The molecule has 0 aliphatic carbocycles. The number of pyridine rings is 1. The number of benzene rings is 1. The highest BCUT2D eigenvalue weighted by atomic mass is 32.1. The molecular weight excluding hydrogens is 509 g/mol. The number of nitrogens with two attached hydrogens (primary N) is 1. The summed E-state index contributed by atoms with van der Waals surface area (Å²) in [7, 11) is 1.31. The number of aryl methyl sites for hydroxylation is 1. The van der Waals surface area contributed by atoms with Crippen LogP contribution in [-0.2, 0) is 6.18 Å². The van der Waals surface area contributed by atoms with Gasteiger partial charge in [0.15, 0.2) is 11.3 Å². The summed E-state index contributed by atoms with van der Waals surface area (Å²) in [6.07, 6.45) is -2.25. The van der Waals surface area contributed by atoms with Crippen molar-refractivity contribution >= 4 is 34.5 Å². The Balaban J connectivity index is 1.70. The number of rotatable bonds is 5. The summed E-state index contributed by atoms with van der Waals surface area (Å²) in [5, 5.41) is 17.7. The average Bonchev–Trinajstić information content (AvgIpc) is 3.50. The molecule has 0 radical (unpaired) electrons. The number of hydrogen-bond donors (Lipinski definition) is 4. The number of carbonyl (C=O) groups is 1. The van der Waals surface area contributed by atoms with Gasteiger partial charge in [-0.3, -0.25) is 20.2 Å². The van der Waals surface area contributed by atoms with Crippen molar-refractivity contribution in [3.05, 3.63) is 64.1 Å². The van der Waals surface area contributed by atoms with E-state index in [9.17, 15) is 18.0 Å². The van der Waals surface area contributed by atoms with Gasteiger partial charge in [-0.25, -0.2) is 0 Å². The predicted octanol–water partition coefficient (Wildman–Crippen LogP) is 2.01. The van der Waals surface area contributed by atoms with Crippen LogP contribution in [0.5, 0.6) is 5.75 Å². The number of halogens is 3. The van der Waals surface area contributed by atoms with Crippen LogP contribution in [0.3, 0.4) is 0 Å². The highest BCUT2D eigenvalue weighted by Crippen LogP contribution is 2.38. The number of aromatic nitrogens is 5. The van der Waals surface area contributed by atoms with Gasteiger partial charge in [0.2, 0.25) is 5.13 Å². The molecule has 4 aromatic rings. The van der Waals surface area contributed by atoms with E-state index < -0.39 is 17.6 Å². The molecule has 1 amide bonds. The van der Waals surface area contributed by atoms with E-state index in [1.807, 2.05) is 6.92 Å². The number of H-pyrrole nitrogens is 1. The summed E-state index contributed by atoms with van der Waals surface area (Å²) in [4.78, 5) is 20.0. The Morgan fingerprint density at radius 1 is 1.22 bits per heavy atom. The standard InChI is InChI=1S/C23H17F3N8O2S/c1-12-7-14(32-31-12)4-6-20-33-34-22(37-20)30-21(35)16-9-19(29-11-27)28-10-17(16)15-8-13(23(24,25)26)3-5-18(15)36-2/h3,5,7-11H,1-2H3,(H,31,32)(H2,27,28,29)(H,30,34,35)/p+1. The molecule has 4 rings (SSSR count). The Hall–Kier alpha value is -4.77. The number of alkyl halides is 3. The summed E-state index contributed by atoms with van der Waals surface area (Å²) >= 11 is 1.01. The smallest absolute Gasteiger partial charge is 0.416 e. The zero-order chi connectivity index (χ0) is 26.6. The summed E-state index contributed by atoms with van der Waals surface area (Å²) < 4.78 is 45.5. The van der Waals surface area contributed by atoms with Crippen molar-refractivity contribution < 1.29 is 27.7 Å². The van der Waals surface area contributed by atoms with Gasteiger partial charge in [-0.2, -0.15) is 18.3 Å². The summed E-state index contributed by atoms with van der Waals surface area (Å²) in [5.41, 5.74) is 5.96. The summed E-state index contributed by atoms with van der Waals surface area (Å²) in [6, 6.07) is 6.06. The number of nitrogens with zero attached hydrogens (tertiary/aromatic N) is 4. The number of hydrogen-bond acceptors (Lipinski definition) is 7. The maximum atomic E-state index is 13.4. The summed E-state index contributed by atoms with van der Waals surface area (Å²) in [6.45, 7) is 1.84. The van der Waals surface area contributed by atoms with Gasteiger partial charge in [0.25, 0.3) is 11.7 Å². The van der Waals surface area contributed by atoms with Gasteiger partial charge in [0.05, 0.1) is 18.2 Å². The van der Waals surface area contributed by atoms with Crippen LogP contribution >= 0.6 is 11.3 Å². The van der Waals surface area contributed by atoms with E-state index in [-0.39, 0.29) is 33.4 Å². The Morgan fingerprint density at radius 3 is 2.70 bits per heavy atom. The molecule has 5 N–H and O–H groups in total. The minimum Gasteiger partial charge on any atom is -0.496 e. The van der Waals surface area contributed by atoms with Gasteiger partial charge in [0, 0.05) is 22.9 Å². The first-order valence-electron chi connectivity index (χ1n) is 10.4. The lowest BCUT2D eigenvalue weighted by molar-refractivity contribution is -0.353. The topological polar surface area (TPSA) is 146 Å². The van der Waals surface area contributed by atoms with Crippen LogP contribution in [-0.4, -0.2) is 44.7 Å². The predicted molar refractivity (Wildman–Crippen MR) is 129 cm³/mol. The average molecular weight is 528 g/mol. The van der Waals surface area contributed by atoms with E-state index in [4.69, 9.17) is 10.5 Å². The number of ether oxygens (including phenoxy) is 1. The van der Waals surface area contributed by atoms with E-state index in [0.717, 1.165) is 35.5 Å². The number of aromatic amines is 1. The van der Waals surface area contributed by atoms with Crippen molar-refractivity contribution in [2.24, 2.45) is 5.73 Å². The lowest BCUT2D eigenvalue weighted by Gasteiger charge is -2.14. The maximum absolute atomic E-state index is 13.4. The van der Waals surface area contributed by atoms with E-state index in [1.165, 1.54) is 25.4 Å². The minimum absolute atomic E-state index is 0.00759. The number of anilines is 1.